The highest BCUT2D eigenvalue weighted by molar-refractivity contribution is 6.27. The van der Waals surface area contributed by atoms with Crippen molar-refractivity contribution in [3.63, 3.8) is 0 Å². The first kappa shape index (κ1) is 10.3. The van der Waals surface area contributed by atoms with Crippen molar-refractivity contribution >= 4 is 23.4 Å². The zero-order valence-electron chi connectivity index (χ0n) is 7.55. The molecule has 1 rings (SSSR count). The van der Waals surface area contributed by atoms with Gasteiger partial charge in [0, 0.05) is 20.1 Å². The minimum Gasteiger partial charge on any atom is -0.359 e. The molecule has 1 aliphatic heterocycles. The zero-order chi connectivity index (χ0) is 9.84. The Morgan fingerprint density at radius 2 is 2.31 bits per heavy atom. The summed E-state index contributed by atoms with van der Waals surface area (Å²) in [6, 6.07) is 0. The Labute approximate surface area is 82.2 Å². The molecule has 1 heterocycles. The van der Waals surface area contributed by atoms with Crippen molar-refractivity contribution in [2.75, 3.05) is 26.0 Å². The Morgan fingerprint density at radius 1 is 1.62 bits per heavy atom. The lowest BCUT2D eigenvalue weighted by Gasteiger charge is -2.13. The van der Waals surface area contributed by atoms with E-state index in [4.69, 9.17) is 11.6 Å². The number of nitrogens with zero attached hydrogens (tertiary/aromatic N) is 1. The predicted octanol–water partition coefficient (Wildman–Crippen LogP) is -0.180. The van der Waals surface area contributed by atoms with Crippen LogP contribution in [0.3, 0.4) is 0 Å². The molecule has 74 valence electrons. The fraction of sp³-hybridized carbons (Fsp3) is 0.750. The maximum absolute atomic E-state index is 11.2. The number of nitrogens with one attached hydrogen (secondary N) is 1. The van der Waals surface area contributed by atoms with Crippen LogP contribution in [0.25, 0.3) is 0 Å². The molecule has 13 heavy (non-hydrogen) atoms. The summed E-state index contributed by atoms with van der Waals surface area (Å²) in [4.78, 5) is 24.0. The van der Waals surface area contributed by atoms with Crippen molar-refractivity contribution in [2.45, 2.75) is 6.42 Å². The summed E-state index contributed by atoms with van der Waals surface area (Å²) in [7, 11) is 1.61. The van der Waals surface area contributed by atoms with E-state index in [-0.39, 0.29) is 23.6 Å². The van der Waals surface area contributed by atoms with E-state index < -0.39 is 0 Å². The first-order chi connectivity index (χ1) is 6.19. The van der Waals surface area contributed by atoms with Gasteiger partial charge in [-0.25, -0.2) is 0 Å². The molecule has 0 spiro atoms. The zero-order valence-corrected chi connectivity index (χ0v) is 8.30. The fourth-order valence-electron chi connectivity index (χ4n) is 1.49. The van der Waals surface area contributed by atoms with Crippen molar-refractivity contribution < 1.29 is 9.59 Å². The molecule has 5 heteroatoms. The molecule has 1 atom stereocenters. The summed E-state index contributed by atoms with van der Waals surface area (Å²) in [5.41, 5.74) is 0. The highest BCUT2D eigenvalue weighted by atomic mass is 35.5. The summed E-state index contributed by atoms with van der Waals surface area (Å²) in [5, 5.41) is 2.57. The molecule has 0 aliphatic carbocycles. The minimum atomic E-state index is -0.0898. The van der Waals surface area contributed by atoms with Crippen LogP contribution in [0.15, 0.2) is 0 Å². The van der Waals surface area contributed by atoms with Gasteiger partial charge in [0.25, 0.3) is 0 Å². The number of hydrogen-bond acceptors (Lipinski definition) is 2. The number of likely N-dealkylation sites (tertiary alicyclic amines) is 1. The average Bonchev–Trinajstić information content (AvgIpc) is 2.64. The standard InChI is InChI=1S/C8H13ClN2O2/c1-10-8(13)6-2-3-11(5-6)7(12)4-9/h6H,2-5H2,1H3,(H,10,13). The number of hydrogen-bond donors (Lipinski definition) is 1. The number of alkyl halides is 1. The number of carbonyl (C=O) groups is 2. The molecule has 0 saturated carbocycles. The Bertz CT molecular complexity index is 198. The van der Waals surface area contributed by atoms with Crippen LogP contribution in [-0.4, -0.2) is 42.7 Å². The highest BCUT2D eigenvalue weighted by Crippen LogP contribution is 2.16. The summed E-state index contributed by atoms with van der Waals surface area (Å²) in [6.07, 6.45) is 0.738. The van der Waals surface area contributed by atoms with Crippen molar-refractivity contribution in [2.24, 2.45) is 5.92 Å². The van der Waals surface area contributed by atoms with E-state index >= 15 is 0 Å². The highest BCUT2D eigenvalue weighted by Gasteiger charge is 2.29. The Morgan fingerprint density at radius 3 is 2.85 bits per heavy atom. The van der Waals surface area contributed by atoms with Crippen LogP contribution in [0.4, 0.5) is 0 Å². The van der Waals surface area contributed by atoms with E-state index in [2.05, 4.69) is 5.32 Å². The van der Waals surface area contributed by atoms with Crippen molar-refractivity contribution in [3.8, 4) is 0 Å². The molecule has 0 aromatic heterocycles. The maximum Gasteiger partial charge on any atom is 0.237 e. The van der Waals surface area contributed by atoms with Gasteiger partial charge in [-0.2, -0.15) is 0 Å². The van der Waals surface area contributed by atoms with Gasteiger partial charge in [0.05, 0.1) is 5.92 Å². The van der Waals surface area contributed by atoms with E-state index in [0.29, 0.717) is 13.1 Å². The first-order valence-corrected chi connectivity index (χ1v) is 4.77. The summed E-state index contributed by atoms with van der Waals surface area (Å²) < 4.78 is 0. The van der Waals surface area contributed by atoms with Gasteiger partial charge in [-0.05, 0) is 6.42 Å². The Kier molecular flexibility index (Phi) is 3.54. The molecule has 2 amide bonds. The van der Waals surface area contributed by atoms with E-state index in [1.807, 2.05) is 0 Å². The predicted molar refractivity (Wildman–Crippen MR) is 49.5 cm³/mol. The number of amides is 2. The molecule has 1 aliphatic rings. The van der Waals surface area contributed by atoms with Crippen molar-refractivity contribution in [1.82, 2.24) is 10.2 Å². The van der Waals surface area contributed by atoms with E-state index in [1.54, 1.807) is 11.9 Å². The molecule has 1 fully saturated rings. The molecule has 1 N–H and O–H groups in total. The molecule has 1 saturated heterocycles. The van der Waals surface area contributed by atoms with Crippen LogP contribution >= 0.6 is 11.6 Å². The topological polar surface area (TPSA) is 49.4 Å². The third-order valence-corrected chi connectivity index (χ3v) is 2.50. The van der Waals surface area contributed by atoms with Crippen molar-refractivity contribution in [1.29, 1.82) is 0 Å². The van der Waals surface area contributed by atoms with Gasteiger partial charge in [0.15, 0.2) is 0 Å². The molecule has 1 unspecified atom stereocenters. The third kappa shape index (κ3) is 2.34. The van der Waals surface area contributed by atoms with Crippen molar-refractivity contribution in [3.05, 3.63) is 0 Å². The Hall–Kier alpha value is -0.770. The van der Waals surface area contributed by atoms with Gasteiger partial charge < -0.3 is 10.2 Å². The smallest absolute Gasteiger partial charge is 0.237 e. The summed E-state index contributed by atoms with van der Waals surface area (Å²) in [6.45, 7) is 1.15. The quantitative estimate of drug-likeness (QED) is 0.635. The number of rotatable bonds is 2. The van der Waals surface area contributed by atoms with Crippen LogP contribution in [0.2, 0.25) is 0 Å². The van der Waals surface area contributed by atoms with Crippen LogP contribution in [0.1, 0.15) is 6.42 Å². The number of carbonyl (C=O) groups excluding carboxylic acids is 2. The molecule has 4 nitrogen and oxygen atoms in total. The van der Waals surface area contributed by atoms with E-state index in [0.717, 1.165) is 6.42 Å². The fourth-order valence-corrected chi connectivity index (χ4v) is 1.66. The lowest BCUT2D eigenvalue weighted by atomic mass is 10.1. The molecule has 0 aromatic carbocycles. The lowest BCUT2D eigenvalue weighted by molar-refractivity contribution is -0.128. The Balaban J connectivity index is 2.44. The lowest BCUT2D eigenvalue weighted by Crippen LogP contribution is -2.33. The molecule has 0 radical (unpaired) electrons. The van der Waals surface area contributed by atoms with Gasteiger partial charge in [0.2, 0.25) is 11.8 Å². The normalized spacial score (nSPS) is 21.7. The van der Waals surface area contributed by atoms with Gasteiger partial charge in [0.1, 0.15) is 5.88 Å². The SMILES string of the molecule is CNC(=O)C1CCN(C(=O)CCl)C1. The second-order valence-electron chi connectivity index (χ2n) is 3.07. The molecular formula is C8H13ClN2O2. The first-order valence-electron chi connectivity index (χ1n) is 4.24. The van der Waals surface area contributed by atoms with Gasteiger partial charge in [-0.15, -0.1) is 11.6 Å². The molecule has 0 aromatic rings. The van der Waals surface area contributed by atoms with Crippen LogP contribution in [0.5, 0.6) is 0 Å². The largest absolute Gasteiger partial charge is 0.359 e. The van der Waals surface area contributed by atoms with Crippen LogP contribution in [-0.2, 0) is 9.59 Å². The summed E-state index contributed by atoms with van der Waals surface area (Å²) >= 11 is 5.40. The van der Waals surface area contributed by atoms with Crippen LogP contribution in [0, 0.1) is 5.92 Å². The second-order valence-corrected chi connectivity index (χ2v) is 3.34. The molecular weight excluding hydrogens is 192 g/mol. The van der Waals surface area contributed by atoms with E-state index in [1.165, 1.54) is 0 Å². The third-order valence-electron chi connectivity index (χ3n) is 2.27. The van der Waals surface area contributed by atoms with Gasteiger partial charge in [-0.1, -0.05) is 0 Å². The maximum atomic E-state index is 11.2. The van der Waals surface area contributed by atoms with Gasteiger partial charge in [-0.3, -0.25) is 9.59 Å². The number of halogens is 1. The summed E-state index contributed by atoms with van der Waals surface area (Å²) in [5.74, 6) is -0.143. The second kappa shape index (κ2) is 4.46. The monoisotopic (exact) mass is 204 g/mol. The van der Waals surface area contributed by atoms with Crippen LogP contribution < -0.4 is 5.32 Å². The van der Waals surface area contributed by atoms with E-state index in [9.17, 15) is 9.59 Å². The minimum absolute atomic E-state index is 0.000460. The molecule has 0 bridgehead atoms. The average molecular weight is 205 g/mol. The van der Waals surface area contributed by atoms with Gasteiger partial charge >= 0.3 is 0 Å².